The van der Waals surface area contributed by atoms with Crippen LogP contribution in [-0.2, 0) is 14.4 Å². The maximum atomic E-state index is 11.8. The van der Waals surface area contributed by atoms with Crippen LogP contribution in [0.4, 0.5) is 0 Å². The topological polar surface area (TPSA) is 142 Å². The number of carbonyl (C=O) groups excluding carboxylic acids is 3. The van der Waals surface area contributed by atoms with Gasteiger partial charge in [-0.15, -0.1) is 0 Å². The van der Waals surface area contributed by atoms with Crippen molar-refractivity contribution in [1.29, 1.82) is 0 Å². The van der Waals surface area contributed by atoms with Gasteiger partial charge in [-0.2, -0.15) is 0 Å². The van der Waals surface area contributed by atoms with E-state index >= 15 is 0 Å². The van der Waals surface area contributed by atoms with Crippen molar-refractivity contribution in [2.45, 2.75) is 38.0 Å². The minimum atomic E-state index is -1.17. The molecule has 1 aliphatic carbocycles. The van der Waals surface area contributed by atoms with Gasteiger partial charge in [-0.3, -0.25) is 14.4 Å². The summed E-state index contributed by atoms with van der Waals surface area (Å²) >= 11 is 0. The van der Waals surface area contributed by atoms with Crippen LogP contribution in [0.5, 0.6) is 0 Å². The van der Waals surface area contributed by atoms with Crippen LogP contribution in [0.15, 0.2) is 11.6 Å². The molecular formula is C12H19N3O5. The molecule has 3 amide bonds. The van der Waals surface area contributed by atoms with Crippen LogP contribution in [0.2, 0.25) is 0 Å². The Morgan fingerprint density at radius 2 is 2.05 bits per heavy atom. The highest BCUT2D eigenvalue weighted by atomic mass is 16.3. The van der Waals surface area contributed by atoms with E-state index in [9.17, 15) is 24.6 Å². The summed E-state index contributed by atoms with van der Waals surface area (Å²) in [6, 6.07) is -0.826. The standard InChI is InChI=1S/C12H19N3O5/c1-6(16)15-8-4-7(5-9(17)11(8)19)12(20)14-3-2-10(13)18/h4,8-9,11,17,19H,2-3,5H2,1H3,(H2,13,18)(H,14,20)(H,15,16)/t8-,9-,11-/m1/s1. The maximum absolute atomic E-state index is 11.8. The summed E-state index contributed by atoms with van der Waals surface area (Å²) in [5.41, 5.74) is 5.19. The van der Waals surface area contributed by atoms with Crippen LogP contribution in [-0.4, -0.2) is 52.7 Å². The number of rotatable bonds is 5. The fraction of sp³-hybridized carbons (Fsp3) is 0.583. The van der Waals surface area contributed by atoms with E-state index in [1.165, 1.54) is 13.0 Å². The van der Waals surface area contributed by atoms with Gasteiger partial charge < -0.3 is 26.6 Å². The molecule has 0 aromatic heterocycles. The molecule has 0 heterocycles. The average molecular weight is 285 g/mol. The van der Waals surface area contributed by atoms with Crippen molar-refractivity contribution in [3.63, 3.8) is 0 Å². The van der Waals surface area contributed by atoms with E-state index in [0.717, 1.165) is 0 Å². The van der Waals surface area contributed by atoms with Gasteiger partial charge in [-0.05, 0) is 0 Å². The summed E-state index contributed by atoms with van der Waals surface area (Å²) in [5.74, 6) is -1.38. The lowest BCUT2D eigenvalue weighted by Gasteiger charge is -2.30. The van der Waals surface area contributed by atoms with Gasteiger partial charge in [0, 0.05) is 31.9 Å². The van der Waals surface area contributed by atoms with Gasteiger partial charge in [0.1, 0.15) is 6.10 Å². The maximum Gasteiger partial charge on any atom is 0.247 e. The number of aliphatic hydroxyl groups excluding tert-OH is 2. The summed E-state index contributed by atoms with van der Waals surface area (Å²) in [4.78, 5) is 33.4. The number of primary amides is 1. The fourth-order valence-electron chi connectivity index (χ4n) is 1.91. The minimum absolute atomic E-state index is 0.0132. The van der Waals surface area contributed by atoms with Crippen molar-refractivity contribution < 1.29 is 24.6 Å². The third-order valence-electron chi connectivity index (χ3n) is 2.89. The summed E-state index contributed by atoms with van der Waals surface area (Å²) in [6.07, 6.45) is -0.924. The van der Waals surface area contributed by atoms with E-state index in [1.807, 2.05) is 0 Å². The molecule has 0 saturated carbocycles. The molecule has 0 bridgehead atoms. The number of aliphatic hydroxyl groups is 2. The van der Waals surface area contributed by atoms with Crippen molar-refractivity contribution in [2.24, 2.45) is 5.73 Å². The summed E-state index contributed by atoms with van der Waals surface area (Å²) in [6.45, 7) is 1.36. The van der Waals surface area contributed by atoms with Crippen LogP contribution < -0.4 is 16.4 Å². The zero-order chi connectivity index (χ0) is 15.3. The Morgan fingerprint density at radius 1 is 1.40 bits per heavy atom. The van der Waals surface area contributed by atoms with E-state index in [0.29, 0.717) is 0 Å². The molecule has 0 spiro atoms. The SMILES string of the molecule is CC(=O)N[C@@H]1C=C(C(=O)NCCC(N)=O)C[C@@H](O)[C@@H]1O. The molecule has 112 valence electrons. The Bertz CT molecular complexity index is 435. The molecule has 0 aromatic rings. The van der Waals surface area contributed by atoms with Crippen molar-refractivity contribution in [1.82, 2.24) is 10.6 Å². The van der Waals surface area contributed by atoms with Crippen LogP contribution >= 0.6 is 0 Å². The monoisotopic (exact) mass is 285 g/mol. The quantitative estimate of drug-likeness (QED) is 0.381. The molecule has 3 atom stereocenters. The first-order valence-corrected chi connectivity index (χ1v) is 6.21. The minimum Gasteiger partial charge on any atom is -0.390 e. The van der Waals surface area contributed by atoms with E-state index < -0.39 is 30.1 Å². The Balaban J connectivity index is 2.69. The van der Waals surface area contributed by atoms with Crippen LogP contribution in [0, 0.1) is 0 Å². The second-order valence-corrected chi connectivity index (χ2v) is 4.65. The average Bonchev–Trinajstić information content (AvgIpc) is 2.33. The largest absolute Gasteiger partial charge is 0.390 e. The third kappa shape index (κ3) is 4.63. The number of nitrogens with two attached hydrogens (primary N) is 1. The van der Waals surface area contributed by atoms with Gasteiger partial charge in [0.2, 0.25) is 17.7 Å². The third-order valence-corrected chi connectivity index (χ3v) is 2.89. The van der Waals surface area contributed by atoms with Gasteiger partial charge in [0.15, 0.2) is 0 Å². The van der Waals surface area contributed by atoms with Crippen LogP contribution in [0.3, 0.4) is 0 Å². The van der Waals surface area contributed by atoms with Crippen molar-refractivity contribution in [3.05, 3.63) is 11.6 Å². The zero-order valence-corrected chi connectivity index (χ0v) is 11.1. The molecule has 6 N–H and O–H groups in total. The molecule has 8 nitrogen and oxygen atoms in total. The molecule has 0 radical (unpaired) electrons. The lowest BCUT2D eigenvalue weighted by molar-refractivity contribution is -0.122. The second-order valence-electron chi connectivity index (χ2n) is 4.65. The smallest absolute Gasteiger partial charge is 0.247 e. The van der Waals surface area contributed by atoms with Crippen LogP contribution in [0.1, 0.15) is 19.8 Å². The predicted octanol–water partition coefficient (Wildman–Crippen LogP) is -2.47. The van der Waals surface area contributed by atoms with Crippen molar-refractivity contribution >= 4 is 17.7 Å². The van der Waals surface area contributed by atoms with E-state index in [4.69, 9.17) is 5.73 Å². The lowest BCUT2D eigenvalue weighted by atomic mass is 9.90. The molecular weight excluding hydrogens is 266 g/mol. The predicted molar refractivity (Wildman–Crippen MR) is 69.1 cm³/mol. The lowest BCUT2D eigenvalue weighted by Crippen LogP contribution is -2.50. The Hall–Kier alpha value is -1.93. The van der Waals surface area contributed by atoms with Gasteiger partial charge in [-0.25, -0.2) is 0 Å². The number of amides is 3. The van der Waals surface area contributed by atoms with Crippen molar-refractivity contribution in [3.8, 4) is 0 Å². The molecule has 0 unspecified atom stereocenters. The normalized spacial score (nSPS) is 25.6. The van der Waals surface area contributed by atoms with Gasteiger partial charge >= 0.3 is 0 Å². The van der Waals surface area contributed by atoms with E-state index in [2.05, 4.69) is 10.6 Å². The highest BCUT2D eigenvalue weighted by Crippen LogP contribution is 2.19. The number of hydrogen-bond acceptors (Lipinski definition) is 5. The Morgan fingerprint density at radius 3 is 2.60 bits per heavy atom. The first kappa shape index (κ1) is 16.1. The molecule has 0 aromatic carbocycles. The molecule has 8 heteroatoms. The Kier molecular flexibility index (Phi) is 5.66. The fourth-order valence-corrected chi connectivity index (χ4v) is 1.91. The highest BCUT2D eigenvalue weighted by Gasteiger charge is 2.33. The molecule has 1 rings (SSSR count). The molecule has 20 heavy (non-hydrogen) atoms. The number of carbonyl (C=O) groups is 3. The molecule has 0 saturated heterocycles. The van der Waals surface area contributed by atoms with E-state index in [1.54, 1.807) is 0 Å². The number of hydrogen-bond donors (Lipinski definition) is 5. The number of nitrogens with one attached hydrogen (secondary N) is 2. The second kappa shape index (κ2) is 7.01. The first-order valence-electron chi connectivity index (χ1n) is 6.21. The summed E-state index contributed by atoms with van der Waals surface area (Å²) < 4.78 is 0. The van der Waals surface area contributed by atoms with Gasteiger partial charge in [0.05, 0.1) is 12.1 Å². The van der Waals surface area contributed by atoms with Gasteiger partial charge in [-0.1, -0.05) is 6.08 Å². The summed E-state index contributed by atoms with van der Waals surface area (Å²) in [7, 11) is 0. The van der Waals surface area contributed by atoms with Gasteiger partial charge in [0.25, 0.3) is 0 Å². The molecule has 1 aliphatic rings. The molecule has 0 fully saturated rings. The molecule has 0 aliphatic heterocycles. The van der Waals surface area contributed by atoms with Crippen LogP contribution in [0.25, 0.3) is 0 Å². The summed E-state index contributed by atoms with van der Waals surface area (Å²) in [5, 5.41) is 24.4. The van der Waals surface area contributed by atoms with E-state index in [-0.39, 0.29) is 30.9 Å². The van der Waals surface area contributed by atoms with Crippen molar-refractivity contribution in [2.75, 3.05) is 6.54 Å². The first-order chi connectivity index (χ1) is 9.31. The highest BCUT2D eigenvalue weighted by molar-refractivity contribution is 5.94. The Labute approximate surface area is 116 Å². The zero-order valence-electron chi connectivity index (χ0n) is 11.1.